The lowest BCUT2D eigenvalue weighted by atomic mass is 10.0. The maximum absolute atomic E-state index is 12.9. The highest BCUT2D eigenvalue weighted by atomic mass is 16.5. The van der Waals surface area contributed by atoms with Crippen molar-refractivity contribution in [2.45, 2.75) is 6.42 Å². The molecule has 1 N–H and O–H groups in total. The number of allylic oxidation sites excluding steroid dienone is 1. The van der Waals surface area contributed by atoms with Crippen molar-refractivity contribution >= 4 is 29.1 Å². The first-order valence-electron chi connectivity index (χ1n) is 8.29. The van der Waals surface area contributed by atoms with Gasteiger partial charge in [0.1, 0.15) is 17.1 Å². The Morgan fingerprint density at radius 3 is 2.74 bits per heavy atom. The first-order valence-corrected chi connectivity index (χ1v) is 8.29. The molecule has 0 spiro atoms. The molecule has 0 unspecified atom stereocenters. The SMILES string of the molecule is C=CCc1c(C=Cc2cccc(OC)c2)oc2ccc(C(=O)O)cc2c1=O. The molecule has 1 aromatic heterocycles. The van der Waals surface area contributed by atoms with Gasteiger partial charge in [0, 0.05) is 5.56 Å². The highest BCUT2D eigenvalue weighted by molar-refractivity contribution is 5.93. The van der Waals surface area contributed by atoms with Gasteiger partial charge in [-0.15, -0.1) is 6.58 Å². The van der Waals surface area contributed by atoms with E-state index in [1.54, 1.807) is 19.3 Å². The third-order valence-electron chi connectivity index (χ3n) is 4.13. The van der Waals surface area contributed by atoms with E-state index < -0.39 is 5.97 Å². The minimum Gasteiger partial charge on any atom is -0.497 e. The van der Waals surface area contributed by atoms with Crippen molar-refractivity contribution in [3.05, 3.63) is 87.8 Å². The van der Waals surface area contributed by atoms with Crippen molar-refractivity contribution in [2.24, 2.45) is 0 Å². The van der Waals surface area contributed by atoms with E-state index in [4.69, 9.17) is 14.3 Å². The lowest BCUT2D eigenvalue weighted by Crippen LogP contribution is -2.11. The summed E-state index contributed by atoms with van der Waals surface area (Å²) in [5.74, 6) is 0.0477. The van der Waals surface area contributed by atoms with Gasteiger partial charge in [0.2, 0.25) is 0 Å². The Bertz CT molecular complexity index is 1110. The van der Waals surface area contributed by atoms with Crippen LogP contribution in [-0.4, -0.2) is 18.2 Å². The number of benzene rings is 2. The average molecular weight is 362 g/mol. The number of carbonyl (C=O) groups is 1. The minimum absolute atomic E-state index is 0.0408. The number of ether oxygens (including phenoxy) is 1. The predicted molar refractivity (Wildman–Crippen MR) is 105 cm³/mol. The maximum Gasteiger partial charge on any atom is 0.335 e. The van der Waals surface area contributed by atoms with Crippen LogP contribution >= 0.6 is 0 Å². The fourth-order valence-electron chi connectivity index (χ4n) is 2.77. The van der Waals surface area contributed by atoms with Gasteiger partial charge in [-0.3, -0.25) is 4.79 Å². The van der Waals surface area contributed by atoms with Crippen LogP contribution in [-0.2, 0) is 6.42 Å². The molecular weight excluding hydrogens is 344 g/mol. The number of fused-ring (bicyclic) bond motifs is 1. The summed E-state index contributed by atoms with van der Waals surface area (Å²) in [6, 6.07) is 11.7. The fourth-order valence-corrected chi connectivity index (χ4v) is 2.77. The summed E-state index contributed by atoms with van der Waals surface area (Å²) in [5, 5.41) is 9.39. The Morgan fingerprint density at radius 1 is 1.22 bits per heavy atom. The smallest absolute Gasteiger partial charge is 0.335 e. The second-order valence-corrected chi connectivity index (χ2v) is 5.89. The van der Waals surface area contributed by atoms with Crippen molar-refractivity contribution in [3.8, 4) is 5.75 Å². The van der Waals surface area contributed by atoms with E-state index in [9.17, 15) is 9.59 Å². The molecule has 27 heavy (non-hydrogen) atoms. The molecule has 0 aliphatic rings. The molecule has 0 bridgehead atoms. The first-order chi connectivity index (χ1) is 13.0. The van der Waals surface area contributed by atoms with Gasteiger partial charge in [-0.2, -0.15) is 0 Å². The van der Waals surface area contributed by atoms with E-state index in [0.29, 0.717) is 23.3 Å². The van der Waals surface area contributed by atoms with Gasteiger partial charge in [-0.25, -0.2) is 4.79 Å². The van der Waals surface area contributed by atoms with Crippen LogP contribution in [0.25, 0.3) is 23.1 Å². The van der Waals surface area contributed by atoms with Crippen molar-refractivity contribution in [2.75, 3.05) is 7.11 Å². The number of rotatable bonds is 6. The van der Waals surface area contributed by atoms with Gasteiger partial charge in [-0.1, -0.05) is 24.3 Å². The average Bonchev–Trinajstić information content (AvgIpc) is 2.68. The third kappa shape index (κ3) is 3.82. The lowest BCUT2D eigenvalue weighted by molar-refractivity contribution is 0.0697. The Balaban J connectivity index is 2.13. The number of carboxylic acid groups (broad SMARTS) is 1. The van der Waals surface area contributed by atoms with Crippen LogP contribution in [0.2, 0.25) is 0 Å². The van der Waals surface area contributed by atoms with E-state index in [1.807, 2.05) is 30.3 Å². The summed E-state index contributed by atoms with van der Waals surface area (Å²) in [7, 11) is 1.60. The van der Waals surface area contributed by atoms with E-state index in [0.717, 1.165) is 11.3 Å². The standard InChI is InChI=1S/C22H18O5/c1-3-5-17-19(10-8-14-6-4-7-16(12-14)26-2)27-20-11-9-15(22(24)25)13-18(20)21(17)23/h3-4,6-13H,1,5H2,2H3,(H,24,25). The second kappa shape index (κ2) is 7.74. The molecule has 0 atom stereocenters. The number of hydrogen-bond acceptors (Lipinski definition) is 4. The van der Waals surface area contributed by atoms with E-state index >= 15 is 0 Å². The third-order valence-corrected chi connectivity index (χ3v) is 4.13. The molecule has 0 radical (unpaired) electrons. The Labute approximate surface area is 155 Å². The Kier molecular flexibility index (Phi) is 5.22. The Hall–Kier alpha value is -3.60. The molecule has 0 amide bonds. The maximum atomic E-state index is 12.9. The highest BCUT2D eigenvalue weighted by Gasteiger charge is 2.14. The molecule has 0 aliphatic carbocycles. The van der Waals surface area contributed by atoms with Gasteiger partial charge >= 0.3 is 5.97 Å². The molecule has 3 rings (SSSR count). The molecule has 2 aromatic carbocycles. The summed E-state index contributed by atoms with van der Waals surface area (Å²) < 4.78 is 11.1. The Morgan fingerprint density at radius 2 is 2.04 bits per heavy atom. The van der Waals surface area contributed by atoms with Gasteiger partial charge in [0.25, 0.3) is 0 Å². The van der Waals surface area contributed by atoms with Gasteiger partial charge in [0.05, 0.1) is 18.1 Å². The monoisotopic (exact) mass is 362 g/mol. The van der Waals surface area contributed by atoms with Crippen LogP contribution in [0.5, 0.6) is 5.75 Å². The lowest BCUT2D eigenvalue weighted by Gasteiger charge is -2.06. The molecule has 136 valence electrons. The zero-order valence-corrected chi connectivity index (χ0v) is 14.8. The molecule has 5 heteroatoms. The highest BCUT2D eigenvalue weighted by Crippen LogP contribution is 2.21. The van der Waals surface area contributed by atoms with Gasteiger partial charge < -0.3 is 14.3 Å². The first kappa shape index (κ1) is 18.2. The van der Waals surface area contributed by atoms with Gasteiger partial charge in [0.15, 0.2) is 5.43 Å². The van der Waals surface area contributed by atoms with Crippen LogP contribution in [0.1, 0.15) is 27.2 Å². The van der Waals surface area contributed by atoms with Crippen LogP contribution < -0.4 is 10.2 Å². The number of aromatic carboxylic acids is 1. The minimum atomic E-state index is -1.09. The molecular formula is C22H18O5. The van der Waals surface area contributed by atoms with Crippen molar-refractivity contribution in [1.82, 2.24) is 0 Å². The number of methoxy groups -OCH3 is 1. The van der Waals surface area contributed by atoms with Gasteiger partial charge in [-0.05, 0) is 48.4 Å². The quantitative estimate of drug-likeness (QED) is 0.658. The molecule has 3 aromatic rings. The summed E-state index contributed by atoms with van der Waals surface area (Å²) >= 11 is 0. The largest absolute Gasteiger partial charge is 0.497 e. The summed E-state index contributed by atoms with van der Waals surface area (Å²) in [6.45, 7) is 3.69. The molecule has 0 aliphatic heterocycles. The fraction of sp³-hybridized carbons (Fsp3) is 0.0909. The summed E-state index contributed by atoms with van der Waals surface area (Å²) in [6.07, 6.45) is 5.47. The molecule has 1 heterocycles. The normalized spacial score (nSPS) is 11.0. The zero-order chi connectivity index (χ0) is 19.4. The van der Waals surface area contributed by atoms with E-state index in [1.165, 1.54) is 18.2 Å². The summed E-state index contributed by atoms with van der Waals surface area (Å²) in [4.78, 5) is 24.0. The zero-order valence-electron chi connectivity index (χ0n) is 14.8. The van der Waals surface area contributed by atoms with Crippen molar-refractivity contribution in [3.63, 3.8) is 0 Å². The van der Waals surface area contributed by atoms with Crippen LogP contribution in [0.15, 0.2) is 64.3 Å². The number of hydrogen-bond donors (Lipinski definition) is 1. The topological polar surface area (TPSA) is 76.7 Å². The summed E-state index contributed by atoms with van der Waals surface area (Å²) in [5.41, 5.74) is 1.44. The molecule has 0 saturated heterocycles. The molecule has 5 nitrogen and oxygen atoms in total. The number of carboxylic acids is 1. The molecule has 0 fully saturated rings. The van der Waals surface area contributed by atoms with Crippen LogP contribution in [0, 0.1) is 0 Å². The van der Waals surface area contributed by atoms with Crippen LogP contribution in [0.3, 0.4) is 0 Å². The van der Waals surface area contributed by atoms with Crippen LogP contribution in [0.4, 0.5) is 0 Å². The van der Waals surface area contributed by atoms with E-state index in [-0.39, 0.29) is 16.4 Å². The van der Waals surface area contributed by atoms with Crippen molar-refractivity contribution < 1.29 is 19.1 Å². The predicted octanol–water partition coefficient (Wildman–Crippen LogP) is 4.40. The molecule has 0 saturated carbocycles. The van der Waals surface area contributed by atoms with E-state index in [2.05, 4.69) is 6.58 Å². The van der Waals surface area contributed by atoms with Crippen molar-refractivity contribution in [1.29, 1.82) is 0 Å². The second-order valence-electron chi connectivity index (χ2n) is 5.89.